The molecule has 0 aromatic heterocycles. The highest BCUT2D eigenvalue weighted by atomic mass is 35.5. The maximum Gasteiger partial charge on any atom is 0.123 e. The van der Waals surface area contributed by atoms with E-state index in [0.717, 1.165) is 5.56 Å². The van der Waals surface area contributed by atoms with Crippen LogP contribution >= 0.6 is 23.2 Å². The summed E-state index contributed by atoms with van der Waals surface area (Å²) in [4.78, 5) is 0.548. The number of nitrogens with two attached hydrogens (primary N) is 1. The Kier molecular flexibility index (Phi) is 5.16. The van der Waals surface area contributed by atoms with Crippen LogP contribution in [0.1, 0.15) is 11.1 Å². The molecule has 20 heavy (non-hydrogen) atoms. The minimum Gasteiger partial charge on any atom is -0.326 e. The van der Waals surface area contributed by atoms with Crippen LogP contribution < -0.4 is 5.73 Å². The van der Waals surface area contributed by atoms with Crippen LogP contribution in [-0.2, 0) is 23.1 Å². The van der Waals surface area contributed by atoms with E-state index < -0.39 is 10.8 Å². The van der Waals surface area contributed by atoms with Gasteiger partial charge in [-0.2, -0.15) is 0 Å². The molecule has 2 N–H and O–H groups in total. The Hall–Kier alpha value is -0.940. The Labute approximate surface area is 129 Å². The van der Waals surface area contributed by atoms with E-state index in [4.69, 9.17) is 28.9 Å². The molecule has 1 unspecified atom stereocenters. The minimum absolute atomic E-state index is 0.183. The first-order valence-corrected chi connectivity index (χ1v) is 7.89. The van der Waals surface area contributed by atoms with Crippen molar-refractivity contribution >= 4 is 34.0 Å². The lowest BCUT2D eigenvalue weighted by Crippen LogP contribution is -2.05. The van der Waals surface area contributed by atoms with Gasteiger partial charge in [-0.05, 0) is 41.5 Å². The van der Waals surface area contributed by atoms with E-state index in [1.807, 2.05) is 0 Å². The van der Waals surface area contributed by atoms with Gasteiger partial charge in [0.15, 0.2) is 0 Å². The highest BCUT2D eigenvalue weighted by Crippen LogP contribution is 2.25. The van der Waals surface area contributed by atoms with E-state index in [0.29, 0.717) is 20.5 Å². The first-order valence-electron chi connectivity index (χ1n) is 5.82. The van der Waals surface area contributed by atoms with E-state index in [-0.39, 0.29) is 18.1 Å². The lowest BCUT2D eigenvalue weighted by atomic mass is 10.1. The smallest absolute Gasteiger partial charge is 0.123 e. The number of benzene rings is 2. The molecule has 0 spiro atoms. The van der Waals surface area contributed by atoms with Crippen LogP contribution in [-0.4, -0.2) is 4.21 Å². The van der Waals surface area contributed by atoms with Gasteiger partial charge < -0.3 is 5.73 Å². The van der Waals surface area contributed by atoms with Gasteiger partial charge in [-0.15, -0.1) is 0 Å². The summed E-state index contributed by atoms with van der Waals surface area (Å²) in [7, 11) is -1.34. The maximum absolute atomic E-state index is 13.3. The third kappa shape index (κ3) is 3.58. The Morgan fingerprint density at radius 2 is 1.80 bits per heavy atom. The Bertz CT molecular complexity index is 664. The van der Waals surface area contributed by atoms with Gasteiger partial charge in [0.25, 0.3) is 0 Å². The molecule has 0 bridgehead atoms. The molecule has 0 radical (unpaired) electrons. The molecular weight excluding hydrogens is 320 g/mol. The standard InChI is InChI=1S/C14H12Cl2FNOS/c15-13-4-3-12(6-14(13)16)20(19)8-10-5-11(17)2-1-9(10)7-18/h1-6H,7-8,18H2. The highest BCUT2D eigenvalue weighted by molar-refractivity contribution is 7.84. The van der Waals surface area contributed by atoms with Crippen molar-refractivity contribution < 1.29 is 8.60 Å². The van der Waals surface area contributed by atoms with E-state index in [9.17, 15) is 8.60 Å². The fourth-order valence-corrected chi connectivity index (χ4v) is 3.32. The quantitative estimate of drug-likeness (QED) is 0.923. The van der Waals surface area contributed by atoms with Gasteiger partial charge in [-0.25, -0.2) is 4.39 Å². The highest BCUT2D eigenvalue weighted by Gasteiger charge is 2.11. The molecule has 0 aliphatic heterocycles. The number of hydrogen-bond acceptors (Lipinski definition) is 2. The van der Waals surface area contributed by atoms with Crippen LogP contribution in [0.2, 0.25) is 10.0 Å². The normalized spacial score (nSPS) is 12.4. The molecule has 0 amide bonds. The number of rotatable bonds is 4. The fraction of sp³-hybridized carbons (Fsp3) is 0.143. The maximum atomic E-state index is 13.3. The zero-order valence-corrected chi connectivity index (χ0v) is 12.7. The van der Waals surface area contributed by atoms with Gasteiger partial charge in [-0.3, -0.25) is 4.21 Å². The van der Waals surface area contributed by atoms with Crippen molar-refractivity contribution in [2.24, 2.45) is 5.73 Å². The number of halogens is 3. The van der Waals surface area contributed by atoms with Crippen LogP contribution in [0.4, 0.5) is 4.39 Å². The van der Waals surface area contributed by atoms with E-state index >= 15 is 0 Å². The van der Waals surface area contributed by atoms with Crippen molar-refractivity contribution in [3.8, 4) is 0 Å². The van der Waals surface area contributed by atoms with E-state index in [2.05, 4.69) is 0 Å². The van der Waals surface area contributed by atoms with Crippen molar-refractivity contribution in [1.82, 2.24) is 0 Å². The largest absolute Gasteiger partial charge is 0.326 e. The van der Waals surface area contributed by atoms with Crippen LogP contribution in [0.15, 0.2) is 41.3 Å². The fourth-order valence-electron chi connectivity index (χ4n) is 1.77. The Morgan fingerprint density at radius 1 is 1.05 bits per heavy atom. The minimum atomic E-state index is -1.34. The third-order valence-corrected chi connectivity index (χ3v) is 4.92. The first kappa shape index (κ1) is 15.4. The van der Waals surface area contributed by atoms with Gasteiger partial charge >= 0.3 is 0 Å². The van der Waals surface area contributed by atoms with Crippen molar-refractivity contribution in [2.45, 2.75) is 17.2 Å². The second-order valence-electron chi connectivity index (χ2n) is 4.18. The molecule has 106 valence electrons. The van der Waals surface area contributed by atoms with Crippen molar-refractivity contribution in [3.05, 3.63) is 63.4 Å². The lowest BCUT2D eigenvalue weighted by molar-refractivity contribution is 0.625. The summed E-state index contributed by atoms with van der Waals surface area (Å²) < 4.78 is 25.6. The van der Waals surface area contributed by atoms with Gasteiger partial charge in [0, 0.05) is 11.4 Å². The monoisotopic (exact) mass is 331 g/mol. The molecule has 2 aromatic carbocycles. The predicted octanol–water partition coefficient (Wildman–Crippen LogP) is 3.90. The second-order valence-corrected chi connectivity index (χ2v) is 6.45. The van der Waals surface area contributed by atoms with Gasteiger partial charge in [-0.1, -0.05) is 29.3 Å². The summed E-state index contributed by atoms with van der Waals surface area (Å²) >= 11 is 11.7. The lowest BCUT2D eigenvalue weighted by Gasteiger charge is -2.08. The second kappa shape index (κ2) is 6.68. The summed E-state index contributed by atoms with van der Waals surface area (Å²) in [6, 6.07) is 9.10. The molecule has 2 aromatic rings. The SMILES string of the molecule is NCc1ccc(F)cc1CS(=O)c1ccc(Cl)c(Cl)c1. The molecule has 0 saturated heterocycles. The van der Waals surface area contributed by atoms with E-state index in [1.165, 1.54) is 12.1 Å². The molecule has 6 heteroatoms. The van der Waals surface area contributed by atoms with Gasteiger partial charge in [0.1, 0.15) is 5.82 Å². The molecule has 0 heterocycles. The zero-order valence-electron chi connectivity index (χ0n) is 10.4. The van der Waals surface area contributed by atoms with Crippen LogP contribution in [0.3, 0.4) is 0 Å². The number of hydrogen-bond donors (Lipinski definition) is 1. The average Bonchev–Trinajstić information content (AvgIpc) is 2.42. The van der Waals surface area contributed by atoms with Gasteiger partial charge in [0.2, 0.25) is 0 Å². The summed E-state index contributed by atoms with van der Waals surface area (Å²) in [6.07, 6.45) is 0. The van der Waals surface area contributed by atoms with Crippen molar-refractivity contribution in [1.29, 1.82) is 0 Å². The third-order valence-electron chi connectivity index (χ3n) is 2.83. The first-order chi connectivity index (χ1) is 9.51. The molecule has 0 aliphatic carbocycles. The summed E-state index contributed by atoms with van der Waals surface area (Å²) in [5, 5.41) is 0.747. The van der Waals surface area contributed by atoms with Gasteiger partial charge in [0.05, 0.1) is 26.6 Å². The zero-order chi connectivity index (χ0) is 14.7. The summed E-state index contributed by atoms with van der Waals surface area (Å²) in [5.41, 5.74) is 7.01. The van der Waals surface area contributed by atoms with Crippen LogP contribution in [0.25, 0.3) is 0 Å². The predicted molar refractivity (Wildman–Crippen MR) is 80.9 cm³/mol. The summed E-state index contributed by atoms with van der Waals surface area (Å²) in [5.74, 6) is -0.189. The topological polar surface area (TPSA) is 43.1 Å². The molecule has 0 fully saturated rings. The molecular formula is C14H12Cl2FNOS. The molecule has 0 aliphatic rings. The van der Waals surface area contributed by atoms with E-state index in [1.54, 1.807) is 24.3 Å². The van der Waals surface area contributed by atoms with Crippen LogP contribution in [0.5, 0.6) is 0 Å². The van der Waals surface area contributed by atoms with Crippen molar-refractivity contribution in [2.75, 3.05) is 0 Å². The molecule has 2 nitrogen and oxygen atoms in total. The molecule has 2 rings (SSSR count). The Balaban J connectivity index is 2.27. The molecule has 1 atom stereocenters. The Morgan fingerprint density at radius 3 is 2.45 bits per heavy atom. The summed E-state index contributed by atoms with van der Waals surface area (Å²) in [6.45, 7) is 0.272. The molecule has 0 saturated carbocycles. The van der Waals surface area contributed by atoms with Crippen molar-refractivity contribution in [3.63, 3.8) is 0 Å². The average molecular weight is 332 g/mol. The van der Waals surface area contributed by atoms with Crippen LogP contribution in [0, 0.1) is 5.82 Å².